The first-order valence-corrected chi connectivity index (χ1v) is 6.14. The molecule has 1 aliphatic rings. The third kappa shape index (κ3) is 3.51. The Morgan fingerprint density at radius 1 is 1.25 bits per heavy atom. The molecule has 0 spiro atoms. The first-order chi connectivity index (χ1) is 7.54. The SMILES string of the molecule is NSC1=CC(=O)C(SCCC(=O)O)=CC1=O. The van der Waals surface area contributed by atoms with Crippen molar-refractivity contribution in [1.29, 1.82) is 0 Å². The number of aliphatic carboxylic acids is 1. The number of nitrogens with two attached hydrogens (primary N) is 1. The van der Waals surface area contributed by atoms with Crippen LogP contribution in [0.15, 0.2) is 22.0 Å². The van der Waals surface area contributed by atoms with Crippen molar-refractivity contribution in [1.82, 2.24) is 0 Å². The van der Waals surface area contributed by atoms with E-state index in [0.717, 1.165) is 23.7 Å². The van der Waals surface area contributed by atoms with Gasteiger partial charge in [0.15, 0.2) is 11.6 Å². The average molecular weight is 259 g/mol. The van der Waals surface area contributed by atoms with Crippen LogP contribution in [0.25, 0.3) is 0 Å². The first-order valence-electron chi connectivity index (χ1n) is 4.28. The van der Waals surface area contributed by atoms with Gasteiger partial charge in [0.1, 0.15) is 0 Å². The topological polar surface area (TPSA) is 97.5 Å². The molecule has 0 radical (unpaired) electrons. The summed E-state index contributed by atoms with van der Waals surface area (Å²) in [7, 11) is 0. The van der Waals surface area contributed by atoms with Crippen molar-refractivity contribution >= 4 is 41.2 Å². The molecule has 0 fully saturated rings. The summed E-state index contributed by atoms with van der Waals surface area (Å²) >= 11 is 1.80. The number of hydrogen-bond donors (Lipinski definition) is 2. The van der Waals surface area contributed by atoms with E-state index >= 15 is 0 Å². The highest BCUT2D eigenvalue weighted by molar-refractivity contribution is 8.04. The quantitative estimate of drug-likeness (QED) is 0.554. The van der Waals surface area contributed by atoms with Crippen molar-refractivity contribution < 1.29 is 19.5 Å². The Morgan fingerprint density at radius 3 is 2.38 bits per heavy atom. The molecule has 0 saturated heterocycles. The smallest absolute Gasteiger partial charge is 0.304 e. The molecule has 5 nitrogen and oxygen atoms in total. The molecule has 0 unspecified atom stereocenters. The minimum Gasteiger partial charge on any atom is -0.481 e. The van der Waals surface area contributed by atoms with Crippen LogP contribution in [0.4, 0.5) is 0 Å². The summed E-state index contributed by atoms with van der Waals surface area (Å²) < 4.78 is 0. The van der Waals surface area contributed by atoms with Crippen LogP contribution in [-0.4, -0.2) is 28.4 Å². The van der Waals surface area contributed by atoms with Gasteiger partial charge in [-0.3, -0.25) is 19.5 Å². The van der Waals surface area contributed by atoms with Gasteiger partial charge in [-0.1, -0.05) is 0 Å². The molecule has 0 atom stereocenters. The van der Waals surface area contributed by atoms with Gasteiger partial charge in [0.25, 0.3) is 0 Å². The second-order valence-electron chi connectivity index (χ2n) is 2.86. The number of hydrogen-bond acceptors (Lipinski definition) is 6. The fourth-order valence-electron chi connectivity index (χ4n) is 0.976. The highest BCUT2D eigenvalue weighted by Crippen LogP contribution is 2.25. The Labute approximate surface area is 100 Å². The van der Waals surface area contributed by atoms with E-state index in [0.29, 0.717) is 0 Å². The van der Waals surface area contributed by atoms with E-state index in [1.165, 1.54) is 12.2 Å². The summed E-state index contributed by atoms with van der Waals surface area (Å²) in [6.07, 6.45) is 2.33. The van der Waals surface area contributed by atoms with E-state index < -0.39 is 5.97 Å². The minimum atomic E-state index is -0.934. The lowest BCUT2D eigenvalue weighted by molar-refractivity contribution is -0.136. The summed E-state index contributed by atoms with van der Waals surface area (Å²) in [4.78, 5) is 33.5. The van der Waals surface area contributed by atoms with Crippen LogP contribution in [0.5, 0.6) is 0 Å². The Morgan fingerprint density at radius 2 is 1.81 bits per heavy atom. The van der Waals surface area contributed by atoms with Crippen LogP contribution < -0.4 is 5.14 Å². The van der Waals surface area contributed by atoms with Crippen LogP contribution in [0.3, 0.4) is 0 Å². The molecule has 0 bridgehead atoms. The highest BCUT2D eigenvalue weighted by Gasteiger charge is 2.20. The predicted octanol–water partition coefficient (Wildman–Crippen LogP) is 0.721. The second kappa shape index (κ2) is 5.88. The van der Waals surface area contributed by atoms with Gasteiger partial charge in [-0.2, -0.15) is 0 Å². The van der Waals surface area contributed by atoms with Crippen LogP contribution in [0.2, 0.25) is 0 Å². The molecule has 7 heteroatoms. The van der Waals surface area contributed by atoms with Gasteiger partial charge in [0, 0.05) is 17.9 Å². The maximum atomic E-state index is 11.5. The number of carboxylic acid groups (broad SMARTS) is 1. The molecule has 16 heavy (non-hydrogen) atoms. The summed E-state index contributed by atoms with van der Waals surface area (Å²) in [5.74, 6) is -1.29. The molecule has 1 aliphatic carbocycles. The lowest BCUT2D eigenvalue weighted by atomic mass is 10.2. The standard InChI is InChI=1S/C9H9NO4S2/c10-16-8-4-5(11)7(3-6(8)12)15-2-1-9(13)14/h3-4H,1-2,10H2,(H,13,14). The molecule has 0 aromatic carbocycles. The minimum absolute atomic E-state index is 0.0499. The third-order valence-electron chi connectivity index (χ3n) is 1.71. The molecule has 0 aromatic rings. The van der Waals surface area contributed by atoms with Gasteiger partial charge in [0.2, 0.25) is 0 Å². The molecule has 3 N–H and O–H groups in total. The monoisotopic (exact) mass is 259 g/mol. The van der Waals surface area contributed by atoms with Crippen LogP contribution in [0.1, 0.15) is 6.42 Å². The number of rotatable bonds is 5. The van der Waals surface area contributed by atoms with E-state index in [-0.39, 0.29) is 33.6 Å². The van der Waals surface area contributed by atoms with Crippen molar-refractivity contribution in [2.24, 2.45) is 5.14 Å². The molecule has 0 saturated carbocycles. The third-order valence-corrected chi connectivity index (χ3v) is 3.32. The van der Waals surface area contributed by atoms with Crippen molar-refractivity contribution in [3.8, 4) is 0 Å². The largest absolute Gasteiger partial charge is 0.481 e. The fraction of sp³-hybridized carbons (Fsp3) is 0.222. The van der Waals surface area contributed by atoms with Crippen LogP contribution in [-0.2, 0) is 14.4 Å². The zero-order valence-corrected chi connectivity index (χ0v) is 9.77. The lowest BCUT2D eigenvalue weighted by Gasteiger charge is -2.08. The lowest BCUT2D eigenvalue weighted by Crippen LogP contribution is -2.11. The average Bonchev–Trinajstić information content (AvgIpc) is 2.22. The Bertz CT molecular complexity index is 400. The summed E-state index contributed by atoms with van der Waals surface area (Å²) in [5, 5.41) is 13.6. The van der Waals surface area contributed by atoms with E-state index in [1.807, 2.05) is 0 Å². The van der Waals surface area contributed by atoms with Gasteiger partial charge < -0.3 is 5.11 Å². The Balaban J connectivity index is 2.60. The summed E-state index contributed by atoms with van der Waals surface area (Å²) in [5.41, 5.74) is 0. The van der Waals surface area contributed by atoms with Gasteiger partial charge in [-0.15, -0.1) is 11.8 Å². The normalized spacial score (nSPS) is 15.8. The number of ketones is 2. The molecule has 86 valence electrons. The van der Waals surface area contributed by atoms with Crippen molar-refractivity contribution in [3.05, 3.63) is 22.0 Å². The van der Waals surface area contributed by atoms with Crippen molar-refractivity contribution in [2.45, 2.75) is 6.42 Å². The Hall–Kier alpha value is -1.05. The van der Waals surface area contributed by atoms with Crippen LogP contribution in [0, 0.1) is 0 Å². The molecule has 1 rings (SSSR count). The predicted molar refractivity (Wildman–Crippen MR) is 62.7 cm³/mol. The van der Waals surface area contributed by atoms with Crippen molar-refractivity contribution in [2.75, 3.05) is 5.75 Å². The van der Waals surface area contributed by atoms with E-state index in [4.69, 9.17) is 10.2 Å². The summed E-state index contributed by atoms with van der Waals surface area (Å²) in [6, 6.07) is 0. The van der Waals surface area contributed by atoms with E-state index in [1.54, 1.807) is 0 Å². The number of thioether (sulfide) groups is 1. The Kier molecular flexibility index (Phi) is 4.78. The maximum Gasteiger partial charge on any atom is 0.304 e. The number of carboxylic acids is 1. The number of allylic oxidation sites excluding steroid dienone is 4. The van der Waals surface area contributed by atoms with Gasteiger partial charge in [-0.05, 0) is 11.9 Å². The van der Waals surface area contributed by atoms with Gasteiger partial charge in [-0.25, -0.2) is 0 Å². The maximum absolute atomic E-state index is 11.5. The second-order valence-corrected chi connectivity index (χ2v) is 4.67. The van der Waals surface area contributed by atoms with E-state index in [9.17, 15) is 14.4 Å². The van der Waals surface area contributed by atoms with Gasteiger partial charge >= 0.3 is 5.97 Å². The number of carbonyl (C=O) groups is 3. The van der Waals surface area contributed by atoms with E-state index in [2.05, 4.69) is 0 Å². The van der Waals surface area contributed by atoms with Gasteiger partial charge in [0.05, 0.1) is 16.2 Å². The molecule has 0 aliphatic heterocycles. The fourth-order valence-corrected chi connectivity index (χ4v) is 2.21. The molecule has 0 heterocycles. The first kappa shape index (κ1) is 13.0. The zero-order chi connectivity index (χ0) is 12.1. The molecule has 0 aromatic heterocycles. The molecular formula is C9H9NO4S2. The number of carbonyl (C=O) groups excluding carboxylic acids is 2. The summed E-state index contributed by atoms with van der Waals surface area (Å²) in [6.45, 7) is 0. The molecular weight excluding hydrogens is 250 g/mol. The van der Waals surface area contributed by atoms with Crippen LogP contribution >= 0.6 is 23.7 Å². The van der Waals surface area contributed by atoms with Crippen molar-refractivity contribution in [3.63, 3.8) is 0 Å². The highest BCUT2D eigenvalue weighted by atomic mass is 32.2. The molecule has 0 amide bonds. The zero-order valence-electron chi connectivity index (χ0n) is 8.13.